The molecule has 1 N–H and O–H groups in total. The van der Waals surface area contributed by atoms with Crippen molar-refractivity contribution in [2.24, 2.45) is 0 Å². The molecule has 0 aromatic heterocycles. The fraction of sp³-hybridized carbons (Fsp3) is 0.409. The maximum Gasteiger partial charge on any atom is 0.307 e. The molecule has 0 atom stereocenters. The number of benzene rings is 2. The van der Waals surface area contributed by atoms with E-state index in [2.05, 4.69) is 11.0 Å². The van der Waals surface area contributed by atoms with E-state index in [-0.39, 0.29) is 12.2 Å². The Kier molecular flexibility index (Phi) is 4.33. The fourth-order valence-corrected chi connectivity index (χ4v) is 4.50. The van der Waals surface area contributed by atoms with Gasteiger partial charge in [-0.2, -0.15) is 0 Å². The fourth-order valence-electron chi connectivity index (χ4n) is 4.50. The summed E-state index contributed by atoms with van der Waals surface area (Å²) in [5.74, 6) is -0.859. The molecule has 0 saturated carbocycles. The molecular formula is C22H24FNO3. The summed E-state index contributed by atoms with van der Waals surface area (Å²) in [6.45, 7) is 5.37. The van der Waals surface area contributed by atoms with Crippen molar-refractivity contribution in [3.63, 3.8) is 0 Å². The highest BCUT2D eigenvalue weighted by atomic mass is 19.1. The van der Waals surface area contributed by atoms with Gasteiger partial charge in [-0.15, -0.1) is 0 Å². The standard InChI is InChI=1S/C22H24FNO3/c1-12-9-19-15(6-7-24(19)3)21(16(12)11-20(25)26)17-10-18(23)22-14(13(17)2)5-4-8-27-22/h9-10H,4-8,11H2,1-3H3,(H,25,26). The Labute approximate surface area is 158 Å². The number of rotatable bonds is 3. The van der Waals surface area contributed by atoms with E-state index in [0.29, 0.717) is 12.4 Å². The predicted octanol–water partition coefficient (Wildman–Crippen LogP) is 4.05. The van der Waals surface area contributed by atoms with E-state index in [9.17, 15) is 14.3 Å². The summed E-state index contributed by atoms with van der Waals surface area (Å²) in [5.41, 5.74) is 7.59. The Balaban J connectivity index is 2.03. The zero-order chi connectivity index (χ0) is 19.3. The molecule has 2 aliphatic heterocycles. The number of ether oxygens (including phenoxy) is 1. The molecule has 4 nitrogen and oxygen atoms in total. The molecule has 0 amide bonds. The highest BCUT2D eigenvalue weighted by molar-refractivity contribution is 5.86. The lowest BCUT2D eigenvalue weighted by Crippen LogP contribution is -2.14. The molecule has 5 heteroatoms. The number of fused-ring (bicyclic) bond motifs is 2. The minimum absolute atomic E-state index is 0.0627. The van der Waals surface area contributed by atoms with Gasteiger partial charge in [0.15, 0.2) is 11.6 Å². The first-order valence-corrected chi connectivity index (χ1v) is 9.42. The zero-order valence-electron chi connectivity index (χ0n) is 16.0. The summed E-state index contributed by atoms with van der Waals surface area (Å²) in [7, 11) is 2.04. The van der Waals surface area contributed by atoms with Gasteiger partial charge in [0.25, 0.3) is 0 Å². The van der Waals surface area contributed by atoms with Crippen molar-refractivity contribution >= 4 is 11.7 Å². The molecule has 0 radical (unpaired) electrons. The summed E-state index contributed by atoms with van der Waals surface area (Å²) < 4.78 is 20.4. The normalized spacial score (nSPS) is 15.3. The smallest absolute Gasteiger partial charge is 0.307 e. The minimum atomic E-state index is -0.870. The molecule has 0 fully saturated rings. The number of hydrogen-bond donors (Lipinski definition) is 1. The number of aryl methyl sites for hydroxylation is 1. The number of carboxylic acid groups (broad SMARTS) is 1. The monoisotopic (exact) mass is 369 g/mol. The van der Waals surface area contributed by atoms with Crippen LogP contribution in [0.3, 0.4) is 0 Å². The van der Waals surface area contributed by atoms with E-state index >= 15 is 0 Å². The van der Waals surface area contributed by atoms with Crippen LogP contribution < -0.4 is 9.64 Å². The van der Waals surface area contributed by atoms with E-state index in [1.807, 2.05) is 20.9 Å². The zero-order valence-corrected chi connectivity index (χ0v) is 16.0. The van der Waals surface area contributed by atoms with Gasteiger partial charge in [-0.25, -0.2) is 4.39 Å². The van der Waals surface area contributed by atoms with E-state index in [4.69, 9.17) is 4.74 Å². The van der Waals surface area contributed by atoms with Gasteiger partial charge in [-0.05, 0) is 78.6 Å². The number of halogens is 1. The molecular weight excluding hydrogens is 345 g/mol. The topological polar surface area (TPSA) is 49.8 Å². The van der Waals surface area contributed by atoms with Crippen molar-refractivity contribution in [3.8, 4) is 16.9 Å². The summed E-state index contributed by atoms with van der Waals surface area (Å²) in [5, 5.41) is 9.47. The van der Waals surface area contributed by atoms with Gasteiger partial charge >= 0.3 is 5.97 Å². The maximum atomic E-state index is 14.9. The van der Waals surface area contributed by atoms with Gasteiger partial charge in [0.1, 0.15) is 0 Å². The van der Waals surface area contributed by atoms with Gasteiger partial charge in [-0.1, -0.05) is 0 Å². The Morgan fingerprint density at radius 2 is 2.04 bits per heavy atom. The van der Waals surface area contributed by atoms with Crippen molar-refractivity contribution in [3.05, 3.63) is 45.8 Å². The number of aliphatic carboxylic acids is 1. The quantitative estimate of drug-likeness (QED) is 0.887. The number of nitrogens with zero attached hydrogens (tertiary/aromatic N) is 1. The second-order valence-corrected chi connectivity index (χ2v) is 7.58. The van der Waals surface area contributed by atoms with Crippen LogP contribution in [0.25, 0.3) is 11.1 Å². The summed E-state index contributed by atoms with van der Waals surface area (Å²) in [4.78, 5) is 13.7. The summed E-state index contributed by atoms with van der Waals surface area (Å²) in [6, 6.07) is 3.61. The number of likely N-dealkylation sites (N-methyl/N-ethyl adjacent to an activating group) is 1. The predicted molar refractivity (Wildman–Crippen MR) is 103 cm³/mol. The van der Waals surface area contributed by atoms with E-state index in [1.54, 1.807) is 0 Å². The Bertz CT molecular complexity index is 952. The van der Waals surface area contributed by atoms with Crippen LogP contribution in [0.15, 0.2) is 12.1 Å². The third kappa shape index (κ3) is 2.85. The van der Waals surface area contributed by atoms with Gasteiger partial charge in [0.05, 0.1) is 13.0 Å². The molecule has 0 aliphatic carbocycles. The van der Waals surface area contributed by atoms with Crippen molar-refractivity contribution in [1.82, 2.24) is 0 Å². The molecule has 142 valence electrons. The van der Waals surface area contributed by atoms with Gasteiger partial charge < -0.3 is 14.7 Å². The largest absolute Gasteiger partial charge is 0.490 e. The van der Waals surface area contributed by atoms with Crippen LogP contribution in [0.5, 0.6) is 5.75 Å². The van der Waals surface area contributed by atoms with Gasteiger partial charge in [-0.3, -0.25) is 4.79 Å². The van der Waals surface area contributed by atoms with E-state index < -0.39 is 5.97 Å². The molecule has 0 spiro atoms. The lowest BCUT2D eigenvalue weighted by molar-refractivity contribution is -0.136. The molecule has 0 unspecified atom stereocenters. The summed E-state index contributed by atoms with van der Waals surface area (Å²) in [6.07, 6.45) is 2.43. The lowest BCUT2D eigenvalue weighted by atomic mass is 9.84. The van der Waals surface area contributed by atoms with Crippen LogP contribution in [0.2, 0.25) is 0 Å². The van der Waals surface area contributed by atoms with Crippen molar-refractivity contribution in [2.45, 2.75) is 39.5 Å². The second kappa shape index (κ2) is 6.55. The average Bonchev–Trinajstić information content (AvgIpc) is 2.99. The lowest BCUT2D eigenvalue weighted by Gasteiger charge is -2.25. The SMILES string of the molecule is Cc1cc2c(c(-c3cc(F)c4c(c3C)CCCO4)c1CC(=O)O)CCN2C. The van der Waals surface area contributed by atoms with Gasteiger partial charge in [0.2, 0.25) is 0 Å². The van der Waals surface area contributed by atoms with Crippen molar-refractivity contribution in [2.75, 3.05) is 25.1 Å². The third-order valence-corrected chi connectivity index (χ3v) is 5.88. The number of carboxylic acids is 1. The Morgan fingerprint density at radius 1 is 1.26 bits per heavy atom. The molecule has 4 rings (SSSR count). The minimum Gasteiger partial charge on any atom is -0.490 e. The van der Waals surface area contributed by atoms with E-state index in [1.165, 1.54) is 6.07 Å². The highest BCUT2D eigenvalue weighted by Gasteiger charge is 2.28. The first-order valence-electron chi connectivity index (χ1n) is 9.42. The summed E-state index contributed by atoms with van der Waals surface area (Å²) >= 11 is 0. The van der Waals surface area contributed by atoms with Crippen LogP contribution in [-0.2, 0) is 24.1 Å². The molecule has 2 heterocycles. The Hall–Kier alpha value is -2.56. The van der Waals surface area contributed by atoms with Crippen LogP contribution >= 0.6 is 0 Å². The second-order valence-electron chi connectivity index (χ2n) is 7.58. The number of hydrogen-bond acceptors (Lipinski definition) is 3. The Morgan fingerprint density at radius 3 is 2.78 bits per heavy atom. The molecule has 27 heavy (non-hydrogen) atoms. The number of carbonyl (C=O) groups is 1. The molecule has 0 saturated heterocycles. The average molecular weight is 369 g/mol. The molecule has 2 aliphatic rings. The maximum absolute atomic E-state index is 14.9. The van der Waals surface area contributed by atoms with Crippen LogP contribution in [0.4, 0.5) is 10.1 Å². The van der Waals surface area contributed by atoms with Crippen LogP contribution in [0, 0.1) is 19.7 Å². The molecule has 2 aromatic rings. The first kappa shape index (κ1) is 17.8. The van der Waals surface area contributed by atoms with E-state index in [0.717, 1.165) is 70.4 Å². The highest BCUT2D eigenvalue weighted by Crippen LogP contribution is 2.44. The van der Waals surface area contributed by atoms with Crippen molar-refractivity contribution < 1.29 is 19.0 Å². The van der Waals surface area contributed by atoms with Gasteiger partial charge in [0, 0.05) is 24.8 Å². The van der Waals surface area contributed by atoms with Crippen LogP contribution in [0.1, 0.15) is 34.2 Å². The third-order valence-electron chi connectivity index (χ3n) is 5.88. The number of anilines is 1. The first-order chi connectivity index (χ1) is 12.9. The van der Waals surface area contributed by atoms with Crippen LogP contribution in [-0.4, -0.2) is 31.3 Å². The molecule has 2 aromatic carbocycles. The molecule has 0 bridgehead atoms. The van der Waals surface area contributed by atoms with Crippen molar-refractivity contribution in [1.29, 1.82) is 0 Å².